The van der Waals surface area contributed by atoms with Gasteiger partial charge in [0.05, 0.1) is 6.54 Å². The number of carboxylic acid groups (broad SMARTS) is 1. The summed E-state index contributed by atoms with van der Waals surface area (Å²) in [5.74, 6) is -0.234. The highest BCUT2D eigenvalue weighted by Crippen LogP contribution is 2.01. The van der Waals surface area contributed by atoms with E-state index in [4.69, 9.17) is 5.11 Å². The van der Waals surface area contributed by atoms with Crippen molar-refractivity contribution in [1.82, 2.24) is 4.90 Å². The maximum atomic E-state index is 10.6. The first-order chi connectivity index (χ1) is 6.56. The van der Waals surface area contributed by atoms with Crippen LogP contribution in [0.3, 0.4) is 0 Å². The Balaban J connectivity index is 3.83. The van der Waals surface area contributed by atoms with E-state index in [1.54, 1.807) is 0 Å². The fourth-order valence-corrected chi connectivity index (χ4v) is 1.40. The first-order valence-corrected chi connectivity index (χ1v) is 5.11. The number of hydrogen-bond donors (Lipinski definition) is 1. The molecule has 82 valence electrons. The molecule has 0 atom stereocenters. The lowest BCUT2D eigenvalue weighted by Crippen LogP contribution is -2.33. The highest BCUT2D eigenvalue weighted by molar-refractivity contribution is 5.69. The van der Waals surface area contributed by atoms with Crippen LogP contribution in [0, 0.1) is 5.92 Å². The minimum Gasteiger partial charge on any atom is -0.480 e. The molecule has 0 saturated heterocycles. The third-order valence-electron chi connectivity index (χ3n) is 1.86. The highest BCUT2D eigenvalue weighted by atomic mass is 16.4. The summed E-state index contributed by atoms with van der Waals surface area (Å²) in [6.45, 7) is 9.69. The van der Waals surface area contributed by atoms with Crippen molar-refractivity contribution in [3.8, 4) is 0 Å². The zero-order valence-corrected chi connectivity index (χ0v) is 9.20. The van der Waals surface area contributed by atoms with Crippen LogP contribution in [0.5, 0.6) is 0 Å². The van der Waals surface area contributed by atoms with Gasteiger partial charge < -0.3 is 5.11 Å². The molecule has 0 radical (unpaired) electrons. The fraction of sp³-hybridized carbons (Fsp3) is 0.727. The molecule has 0 rings (SSSR count). The van der Waals surface area contributed by atoms with Gasteiger partial charge in [-0.3, -0.25) is 9.69 Å². The Morgan fingerprint density at radius 1 is 1.57 bits per heavy atom. The topological polar surface area (TPSA) is 40.5 Å². The Labute approximate surface area is 86.4 Å². The molecule has 0 aromatic rings. The van der Waals surface area contributed by atoms with Crippen molar-refractivity contribution in [2.75, 3.05) is 19.6 Å². The van der Waals surface area contributed by atoms with E-state index in [-0.39, 0.29) is 6.54 Å². The second-order valence-electron chi connectivity index (χ2n) is 3.95. The minimum absolute atomic E-state index is 0.148. The van der Waals surface area contributed by atoms with E-state index in [1.165, 1.54) is 0 Å². The summed E-state index contributed by atoms with van der Waals surface area (Å²) in [4.78, 5) is 12.5. The average Bonchev–Trinajstić information content (AvgIpc) is 2.02. The second-order valence-corrected chi connectivity index (χ2v) is 3.95. The minimum atomic E-state index is -0.746. The Morgan fingerprint density at radius 3 is 2.64 bits per heavy atom. The van der Waals surface area contributed by atoms with E-state index in [0.717, 1.165) is 25.9 Å². The molecule has 0 aliphatic rings. The van der Waals surface area contributed by atoms with Crippen LogP contribution in [0.2, 0.25) is 0 Å². The SMILES string of the molecule is C=CCCCN(CC(=O)O)CC(C)C. The first-order valence-electron chi connectivity index (χ1n) is 5.11. The standard InChI is InChI=1S/C11H21NO2/c1-4-5-6-7-12(8-10(2)3)9-11(13)14/h4,10H,1,5-9H2,2-3H3,(H,13,14). The van der Waals surface area contributed by atoms with Crippen LogP contribution in [0.25, 0.3) is 0 Å². The molecule has 3 heteroatoms. The van der Waals surface area contributed by atoms with Gasteiger partial charge in [-0.2, -0.15) is 0 Å². The van der Waals surface area contributed by atoms with Crippen molar-refractivity contribution < 1.29 is 9.90 Å². The van der Waals surface area contributed by atoms with Gasteiger partial charge in [0.1, 0.15) is 0 Å². The van der Waals surface area contributed by atoms with Gasteiger partial charge in [0.25, 0.3) is 0 Å². The molecule has 0 amide bonds. The van der Waals surface area contributed by atoms with E-state index in [9.17, 15) is 4.79 Å². The molecular formula is C11H21NO2. The van der Waals surface area contributed by atoms with Crippen LogP contribution >= 0.6 is 0 Å². The third kappa shape index (κ3) is 7.80. The number of hydrogen-bond acceptors (Lipinski definition) is 2. The Morgan fingerprint density at radius 2 is 2.21 bits per heavy atom. The predicted molar refractivity (Wildman–Crippen MR) is 58.3 cm³/mol. The summed E-state index contributed by atoms with van der Waals surface area (Å²) in [5.41, 5.74) is 0. The Hall–Kier alpha value is -0.830. The lowest BCUT2D eigenvalue weighted by Gasteiger charge is -2.21. The average molecular weight is 199 g/mol. The van der Waals surface area contributed by atoms with Gasteiger partial charge in [0.15, 0.2) is 0 Å². The normalized spacial score (nSPS) is 10.9. The first kappa shape index (κ1) is 13.2. The number of nitrogens with zero attached hydrogens (tertiary/aromatic N) is 1. The number of carbonyl (C=O) groups is 1. The summed E-state index contributed by atoms with van der Waals surface area (Å²) >= 11 is 0. The van der Waals surface area contributed by atoms with Crippen LogP contribution < -0.4 is 0 Å². The van der Waals surface area contributed by atoms with Crippen LogP contribution in [0.1, 0.15) is 26.7 Å². The lowest BCUT2D eigenvalue weighted by molar-refractivity contribution is -0.138. The van der Waals surface area contributed by atoms with Crippen LogP contribution in [0.15, 0.2) is 12.7 Å². The zero-order chi connectivity index (χ0) is 11.0. The lowest BCUT2D eigenvalue weighted by atomic mass is 10.2. The molecule has 0 fully saturated rings. The molecule has 0 unspecified atom stereocenters. The van der Waals surface area contributed by atoms with Crippen molar-refractivity contribution in [2.24, 2.45) is 5.92 Å². The monoisotopic (exact) mass is 199 g/mol. The van der Waals surface area contributed by atoms with Gasteiger partial charge in [-0.15, -0.1) is 6.58 Å². The van der Waals surface area contributed by atoms with E-state index in [0.29, 0.717) is 5.92 Å². The van der Waals surface area contributed by atoms with Gasteiger partial charge in [-0.1, -0.05) is 19.9 Å². The molecule has 0 aromatic carbocycles. The van der Waals surface area contributed by atoms with Crippen LogP contribution in [-0.2, 0) is 4.79 Å². The maximum Gasteiger partial charge on any atom is 0.317 e. The zero-order valence-electron chi connectivity index (χ0n) is 9.20. The molecule has 0 aliphatic carbocycles. The van der Waals surface area contributed by atoms with Crippen molar-refractivity contribution in [3.63, 3.8) is 0 Å². The van der Waals surface area contributed by atoms with Crippen LogP contribution in [-0.4, -0.2) is 35.6 Å². The van der Waals surface area contributed by atoms with Crippen molar-refractivity contribution in [3.05, 3.63) is 12.7 Å². The number of aliphatic carboxylic acids is 1. The number of carboxylic acids is 1. The van der Waals surface area contributed by atoms with E-state index < -0.39 is 5.97 Å². The summed E-state index contributed by atoms with van der Waals surface area (Å²) in [6.07, 6.45) is 3.81. The fourth-order valence-electron chi connectivity index (χ4n) is 1.40. The van der Waals surface area contributed by atoms with Gasteiger partial charge in [0.2, 0.25) is 0 Å². The van der Waals surface area contributed by atoms with Gasteiger partial charge in [-0.25, -0.2) is 0 Å². The quantitative estimate of drug-likeness (QED) is 0.480. The third-order valence-corrected chi connectivity index (χ3v) is 1.86. The maximum absolute atomic E-state index is 10.6. The van der Waals surface area contributed by atoms with E-state index in [1.807, 2.05) is 11.0 Å². The Bertz CT molecular complexity index is 178. The highest BCUT2D eigenvalue weighted by Gasteiger charge is 2.10. The molecule has 3 nitrogen and oxygen atoms in total. The van der Waals surface area contributed by atoms with Gasteiger partial charge in [0, 0.05) is 6.54 Å². The van der Waals surface area contributed by atoms with E-state index in [2.05, 4.69) is 20.4 Å². The molecule has 0 heterocycles. The van der Waals surface area contributed by atoms with E-state index >= 15 is 0 Å². The van der Waals surface area contributed by atoms with Crippen molar-refractivity contribution in [1.29, 1.82) is 0 Å². The second kappa shape index (κ2) is 7.56. The molecule has 1 N–H and O–H groups in total. The molecular weight excluding hydrogens is 178 g/mol. The molecule has 0 saturated carbocycles. The van der Waals surface area contributed by atoms with Crippen molar-refractivity contribution >= 4 is 5.97 Å². The van der Waals surface area contributed by atoms with Gasteiger partial charge in [-0.05, 0) is 25.3 Å². The number of allylic oxidation sites excluding steroid dienone is 1. The molecule has 0 spiro atoms. The van der Waals surface area contributed by atoms with Crippen molar-refractivity contribution in [2.45, 2.75) is 26.7 Å². The van der Waals surface area contributed by atoms with Gasteiger partial charge >= 0.3 is 5.97 Å². The molecule has 0 aliphatic heterocycles. The largest absolute Gasteiger partial charge is 0.480 e. The summed E-state index contributed by atoms with van der Waals surface area (Å²) in [7, 11) is 0. The van der Waals surface area contributed by atoms with Crippen LogP contribution in [0.4, 0.5) is 0 Å². The molecule has 0 bridgehead atoms. The summed E-state index contributed by atoms with van der Waals surface area (Å²) < 4.78 is 0. The summed E-state index contributed by atoms with van der Waals surface area (Å²) in [6, 6.07) is 0. The smallest absolute Gasteiger partial charge is 0.317 e. The molecule has 0 aromatic heterocycles. The Kier molecular flexibility index (Phi) is 7.11. The molecule has 14 heavy (non-hydrogen) atoms. The number of rotatable bonds is 8. The predicted octanol–water partition coefficient (Wildman–Crippen LogP) is 2.00. The summed E-state index contributed by atoms with van der Waals surface area (Å²) in [5, 5.41) is 8.69. The number of unbranched alkanes of at least 4 members (excludes halogenated alkanes) is 1.